The van der Waals surface area contributed by atoms with E-state index in [2.05, 4.69) is 14.7 Å². The topological polar surface area (TPSA) is 115 Å². The van der Waals surface area contributed by atoms with Gasteiger partial charge in [0, 0.05) is 26.1 Å². The lowest BCUT2D eigenvalue weighted by Gasteiger charge is -2.15. The van der Waals surface area contributed by atoms with Gasteiger partial charge >= 0.3 is 5.69 Å². The molecule has 0 radical (unpaired) electrons. The first-order chi connectivity index (χ1) is 10.3. The average molecular weight is 324 g/mol. The number of fused-ring (bicyclic) bond motifs is 1. The van der Waals surface area contributed by atoms with Crippen LogP contribution in [-0.2, 0) is 14.8 Å². The number of sulfonamides is 1. The predicted octanol–water partition coefficient (Wildman–Crippen LogP) is -0.245. The number of likely N-dealkylation sites (tertiary alicyclic amines) is 1. The smallest absolute Gasteiger partial charge is 0.323 e. The Morgan fingerprint density at radius 2 is 2.05 bits per heavy atom. The largest absolute Gasteiger partial charge is 0.341 e. The third-order valence-electron chi connectivity index (χ3n) is 3.75. The molecule has 1 fully saturated rings. The second kappa shape index (κ2) is 5.25. The van der Waals surface area contributed by atoms with Gasteiger partial charge in [0.2, 0.25) is 15.9 Å². The van der Waals surface area contributed by atoms with Crippen molar-refractivity contribution in [3.63, 3.8) is 0 Å². The summed E-state index contributed by atoms with van der Waals surface area (Å²) in [6.45, 7) is 2.39. The molecule has 3 N–H and O–H groups in total. The number of amides is 1. The van der Waals surface area contributed by atoms with Crippen LogP contribution >= 0.6 is 0 Å². The van der Waals surface area contributed by atoms with Crippen LogP contribution in [0, 0.1) is 0 Å². The van der Waals surface area contributed by atoms with Crippen molar-refractivity contribution in [2.45, 2.75) is 24.3 Å². The Hall–Kier alpha value is -2.13. The van der Waals surface area contributed by atoms with Crippen molar-refractivity contribution in [3.05, 3.63) is 28.7 Å². The lowest BCUT2D eigenvalue weighted by molar-refractivity contribution is -0.127. The van der Waals surface area contributed by atoms with Crippen LogP contribution in [0.1, 0.15) is 13.3 Å². The van der Waals surface area contributed by atoms with Crippen molar-refractivity contribution >= 4 is 27.0 Å². The Labute approximate surface area is 126 Å². The molecule has 1 aliphatic rings. The molecule has 1 atom stereocenters. The van der Waals surface area contributed by atoms with Crippen LogP contribution in [-0.4, -0.2) is 48.3 Å². The molecule has 2 aromatic rings. The number of hydrogen-bond donors (Lipinski definition) is 3. The van der Waals surface area contributed by atoms with E-state index in [4.69, 9.17) is 0 Å². The van der Waals surface area contributed by atoms with Crippen molar-refractivity contribution in [1.29, 1.82) is 0 Å². The highest BCUT2D eigenvalue weighted by molar-refractivity contribution is 7.89. The zero-order valence-electron chi connectivity index (χ0n) is 11.9. The monoisotopic (exact) mass is 324 g/mol. The molecule has 0 aliphatic carbocycles. The van der Waals surface area contributed by atoms with Crippen molar-refractivity contribution in [3.8, 4) is 0 Å². The normalized spacial score (nSPS) is 19.0. The highest BCUT2D eigenvalue weighted by Crippen LogP contribution is 2.17. The molecule has 22 heavy (non-hydrogen) atoms. The van der Waals surface area contributed by atoms with Gasteiger partial charge in [-0.3, -0.25) is 4.79 Å². The average Bonchev–Trinajstić information content (AvgIpc) is 3.02. The predicted molar refractivity (Wildman–Crippen MR) is 79.9 cm³/mol. The first-order valence-electron chi connectivity index (χ1n) is 6.85. The van der Waals surface area contributed by atoms with Gasteiger partial charge in [-0.1, -0.05) is 0 Å². The molecule has 0 spiro atoms. The van der Waals surface area contributed by atoms with Gasteiger partial charge in [0.05, 0.1) is 15.9 Å². The van der Waals surface area contributed by atoms with Crippen LogP contribution < -0.4 is 10.4 Å². The molecule has 3 rings (SSSR count). The van der Waals surface area contributed by atoms with Crippen molar-refractivity contribution in [2.24, 2.45) is 0 Å². The van der Waals surface area contributed by atoms with Crippen molar-refractivity contribution in [2.75, 3.05) is 13.1 Å². The van der Waals surface area contributed by atoms with Crippen LogP contribution in [0.4, 0.5) is 0 Å². The summed E-state index contributed by atoms with van der Waals surface area (Å²) < 4.78 is 27.4. The fourth-order valence-electron chi connectivity index (χ4n) is 2.61. The number of imidazole rings is 1. The Morgan fingerprint density at radius 1 is 1.32 bits per heavy atom. The van der Waals surface area contributed by atoms with Crippen molar-refractivity contribution < 1.29 is 13.2 Å². The quantitative estimate of drug-likeness (QED) is 0.722. The zero-order chi connectivity index (χ0) is 15.9. The van der Waals surface area contributed by atoms with Crippen LogP contribution in [0.2, 0.25) is 0 Å². The molecule has 2 heterocycles. The molecule has 1 aliphatic heterocycles. The van der Waals surface area contributed by atoms with Crippen LogP contribution in [0.15, 0.2) is 27.9 Å². The van der Waals surface area contributed by atoms with Gasteiger partial charge in [-0.05, 0) is 24.6 Å². The minimum absolute atomic E-state index is 0.0620. The van der Waals surface area contributed by atoms with E-state index in [1.165, 1.54) is 25.1 Å². The van der Waals surface area contributed by atoms with Gasteiger partial charge in [-0.25, -0.2) is 17.9 Å². The highest BCUT2D eigenvalue weighted by atomic mass is 32.2. The molecule has 8 nitrogen and oxygen atoms in total. The number of carbonyl (C=O) groups excluding carboxylic acids is 1. The fraction of sp³-hybridized carbons (Fsp3) is 0.385. The maximum absolute atomic E-state index is 12.4. The summed E-state index contributed by atoms with van der Waals surface area (Å²) >= 11 is 0. The molecular weight excluding hydrogens is 308 g/mol. The molecule has 1 aromatic carbocycles. The summed E-state index contributed by atoms with van der Waals surface area (Å²) in [5.41, 5.74) is 0.600. The van der Waals surface area contributed by atoms with Crippen LogP contribution in [0.5, 0.6) is 0 Å². The van der Waals surface area contributed by atoms with Gasteiger partial charge in [-0.2, -0.15) is 0 Å². The van der Waals surface area contributed by atoms with E-state index in [1.807, 2.05) is 0 Å². The van der Waals surface area contributed by atoms with E-state index >= 15 is 0 Å². The van der Waals surface area contributed by atoms with Gasteiger partial charge in [0.1, 0.15) is 0 Å². The van der Waals surface area contributed by atoms with Crippen LogP contribution in [0.3, 0.4) is 0 Å². The van der Waals surface area contributed by atoms with Crippen molar-refractivity contribution in [1.82, 2.24) is 19.6 Å². The first-order valence-corrected chi connectivity index (χ1v) is 8.33. The lowest BCUT2D eigenvalue weighted by atomic mass is 10.3. The SMILES string of the molecule is CC(=O)N1CCC(NS(=O)(=O)c2ccc3[nH]c(=O)[nH]c3c2)C1. The number of H-pyrrole nitrogens is 2. The molecule has 118 valence electrons. The second-order valence-corrected chi connectivity index (χ2v) is 7.07. The molecule has 1 unspecified atom stereocenters. The second-order valence-electron chi connectivity index (χ2n) is 5.36. The Bertz CT molecular complexity index is 883. The van der Waals surface area contributed by atoms with E-state index in [9.17, 15) is 18.0 Å². The molecule has 1 saturated heterocycles. The molecule has 1 aromatic heterocycles. The standard InChI is InChI=1S/C13H16N4O4S/c1-8(18)17-5-4-9(7-17)16-22(20,21)10-2-3-11-12(6-10)15-13(19)14-11/h2-3,6,9,16H,4-5,7H2,1H3,(H2,14,15,19). The van der Waals surface area contributed by atoms with E-state index in [-0.39, 0.29) is 22.5 Å². The number of nitrogens with zero attached hydrogens (tertiary/aromatic N) is 1. The molecule has 0 saturated carbocycles. The fourth-order valence-corrected chi connectivity index (χ4v) is 3.90. The van der Waals surface area contributed by atoms with Crippen LogP contribution in [0.25, 0.3) is 11.0 Å². The maximum atomic E-state index is 12.4. The zero-order valence-corrected chi connectivity index (χ0v) is 12.7. The number of hydrogen-bond acceptors (Lipinski definition) is 4. The lowest BCUT2D eigenvalue weighted by Crippen LogP contribution is -2.37. The molecule has 1 amide bonds. The summed E-state index contributed by atoms with van der Waals surface area (Å²) in [6.07, 6.45) is 0.585. The minimum atomic E-state index is -3.70. The number of rotatable bonds is 3. The summed E-state index contributed by atoms with van der Waals surface area (Å²) in [6, 6.07) is 4.09. The maximum Gasteiger partial charge on any atom is 0.323 e. The summed E-state index contributed by atoms with van der Waals surface area (Å²) in [5, 5.41) is 0. The first kappa shape index (κ1) is 14.8. The number of benzene rings is 1. The van der Waals surface area contributed by atoms with Gasteiger partial charge < -0.3 is 14.9 Å². The Balaban J connectivity index is 1.82. The Kier molecular flexibility index (Phi) is 3.53. The van der Waals surface area contributed by atoms with E-state index < -0.39 is 10.0 Å². The van der Waals surface area contributed by atoms with E-state index in [0.717, 1.165) is 0 Å². The number of aromatic nitrogens is 2. The Morgan fingerprint density at radius 3 is 2.73 bits per heavy atom. The number of nitrogens with one attached hydrogen (secondary N) is 3. The molecule has 9 heteroatoms. The summed E-state index contributed by atoms with van der Waals surface area (Å²) in [4.78, 5) is 29.3. The molecular formula is C13H16N4O4S. The number of carbonyl (C=O) groups is 1. The van der Waals surface area contributed by atoms with E-state index in [0.29, 0.717) is 30.5 Å². The minimum Gasteiger partial charge on any atom is -0.341 e. The highest BCUT2D eigenvalue weighted by Gasteiger charge is 2.28. The summed E-state index contributed by atoms with van der Waals surface area (Å²) in [5.74, 6) is -0.0620. The van der Waals surface area contributed by atoms with E-state index in [1.54, 1.807) is 4.90 Å². The number of aromatic amines is 2. The van der Waals surface area contributed by atoms with Gasteiger partial charge in [-0.15, -0.1) is 0 Å². The summed E-state index contributed by atoms with van der Waals surface area (Å²) in [7, 11) is -3.70. The third kappa shape index (κ3) is 2.77. The van der Waals surface area contributed by atoms with Gasteiger partial charge in [0.15, 0.2) is 0 Å². The molecule has 0 bridgehead atoms. The third-order valence-corrected chi connectivity index (χ3v) is 5.27. The van der Waals surface area contributed by atoms with Gasteiger partial charge in [0.25, 0.3) is 0 Å².